The van der Waals surface area contributed by atoms with E-state index in [0.717, 1.165) is 46.8 Å². The maximum Gasteiger partial charge on any atom is 0.252 e. The van der Waals surface area contributed by atoms with Gasteiger partial charge in [0.1, 0.15) is 0 Å². The van der Waals surface area contributed by atoms with Gasteiger partial charge in [-0.25, -0.2) is 0 Å². The Morgan fingerprint density at radius 1 is 0.400 bits per heavy atom. The van der Waals surface area contributed by atoms with Gasteiger partial charge in [-0.3, -0.25) is 0 Å². The van der Waals surface area contributed by atoms with Crippen molar-refractivity contribution >= 4 is 57.2 Å². The second-order valence-corrected chi connectivity index (χ2v) is 25.2. The lowest BCUT2D eigenvalue weighted by Gasteiger charge is -2.47. The van der Waals surface area contributed by atoms with Crippen LogP contribution in [0.4, 0.5) is 34.1 Å². The fourth-order valence-corrected chi connectivity index (χ4v) is 12.8. The van der Waals surface area contributed by atoms with Crippen LogP contribution in [-0.4, -0.2) is 6.71 Å². The fraction of sp³-hybridized carbons (Fsp3) is 0.250. The quantitative estimate of drug-likeness (QED) is 0.140. The molecule has 2 heterocycles. The first-order valence-corrected chi connectivity index (χ1v) is 27.3. The van der Waals surface area contributed by atoms with Crippen LogP contribution in [0.3, 0.4) is 0 Å². The van der Waals surface area contributed by atoms with Gasteiger partial charge in [0.05, 0.1) is 7.06 Å². The highest BCUT2D eigenvalue weighted by molar-refractivity contribution is 7.00. The van der Waals surface area contributed by atoms with E-state index in [4.69, 9.17) is 0 Å². The van der Waals surface area contributed by atoms with Crippen molar-refractivity contribution in [3.63, 3.8) is 0 Å². The lowest BCUT2D eigenvalue weighted by molar-refractivity contribution is 0.332. The molecular weight excluding hydrogens is 904 g/mol. The standard InChI is InChI=1S/C72H71BN2/c1-68(2,3)54-36-40-62(57(44-54)50-32-30-49(31-33-50)48-22-15-12-16-23-48)75-65-29-21-28-64-67(65)73(61-46-58-59(47-66(61)75)70(6,7)43-42-69(58,4)5)60-45-55(72(10,11)52-26-19-14-20-27-52)37-41-63(60)74(64)56-38-34-53(35-39-56)71(8,9)51-24-17-13-18-25-51/h12-41,44-47H,42-43H2,1-11H3/i21D. The molecule has 0 N–H and O–H groups in total. The zero-order chi connectivity index (χ0) is 53.1. The number of nitrogens with zero attached hydrogens (tertiary/aromatic N) is 2. The van der Waals surface area contributed by atoms with Crippen molar-refractivity contribution in [1.82, 2.24) is 0 Å². The number of rotatable bonds is 8. The maximum atomic E-state index is 9.92. The summed E-state index contributed by atoms with van der Waals surface area (Å²) in [7, 11) is 0. The first-order valence-electron chi connectivity index (χ1n) is 27.8. The van der Waals surface area contributed by atoms with Crippen LogP contribution in [0.5, 0.6) is 0 Å². The summed E-state index contributed by atoms with van der Waals surface area (Å²) < 4.78 is 9.92. The van der Waals surface area contributed by atoms with E-state index < -0.39 is 0 Å². The van der Waals surface area contributed by atoms with Crippen LogP contribution in [0.25, 0.3) is 22.3 Å². The molecule has 0 spiro atoms. The zero-order valence-electron chi connectivity index (χ0n) is 46.9. The molecule has 0 fully saturated rings. The summed E-state index contributed by atoms with van der Waals surface area (Å²) in [6, 6.07) is 75.5. The Labute approximate surface area is 449 Å². The second-order valence-electron chi connectivity index (χ2n) is 25.2. The molecule has 3 aliphatic rings. The molecular formula is C72H71BN2. The normalized spacial score (nSPS) is 15.6. The van der Waals surface area contributed by atoms with Crippen molar-refractivity contribution in [2.75, 3.05) is 9.80 Å². The van der Waals surface area contributed by atoms with Crippen LogP contribution in [0.2, 0.25) is 0 Å². The number of anilines is 6. The van der Waals surface area contributed by atoms with Gasteiger partial charge in [-0.1, -0.05) is 234 Å². The molecule has 1 aliphatic carbocycles. The molecule has 0 aromatic heterocycles. The van der Waals surface area contributed by atoms with Crippen molar-refractivity contribution < 1.29 is 1.37 Å². The highest BCUT2D eigenvalue weighted by atomic mass is 15.2. The molecule has 0 bridgehead atoms. The lowest BCUT2D eigenvalue weighted by Crippen LogP contribution is -2.62. The molecule has 0 saturated carbocycles. The van der Waals surface area contributed by atoms with Crippen LogP contribution < -0.4 is 26.2 Å². The highest BCUT2D eigenvalue weighted by Crippen LogP contribution is 2.52. The Hall–Kier alpha value is -7.36. The molecule has 2 aliphatic heterocycles. The van der Waals surface area contributed by atoms with Crippen LogP contribution in [0.15, 0.2) is 206 Å². The van der Waals surface area contributed by atoms with E-state index >= 15 is 0 Å². The molecule has 372 valence electrons. The van der Waals surface area contributed by atoms with Crippen molar-refractivity contribution in [3.8, 4) is 22.3 Å². The molecule has 12 rings (SSSR count). The molecule has 0 unspecified atom stereocenters. The van der Waals surface area contributed by atoms with E-state index in [1.54, 1.807) is 0 Å². The van der Waals surface area contributed by atoms with Gasteiger partial charge < -0.3 is 9.80 Å². The lowest BCUT2D eigenvalue weighted by atomic mass is 9.33. The number of fused-ring (bicyclic) bond motifs is 5. The Balaban J connectivity index is 1.15. The van der Waals surface area contributed by atoms with Gasteiger partial charge in [-0.05, 0) is 150 Å². The highest BCUT2D eigenvalue weighted by Gasteiger charge is 2.47. The summed E-state index contributed by atoms with van der Waals surface area (Å²) >= 11 is 0. The van der Waals surface area contributed by atoms with E-state index in [9.17, 15) is 1.37 Å². The summed E-state index contributed by atoms with van der Waals surface area (Å²) in [4.78, 5) is 5.04. The van der Waals surface area contributed by atoms with Gasteiger partial charge in [-0.2, -0.15) is 0 Å². The summed E-state index contributed by atoms with van der Waals surface area (Å²) in [5.41, 5.74) is 23.9. The van der Waals surface area contributed by atoms with Crippen LogP contribution >= 0.6 is 0 Å². The Bertz CT molecular complexity index is 3680. The van der Waals surface area contributed by atoms with E-state index in [2.05, 4.69) is 286 Å². The van der Waals surface area contributed by atoms with Crippen molar-refractivity contribution in [2.45, 2.75) is 116 Å². The molecule has 0 amide bonds. The minimum Gasteiger partial charge on any atom is -0.311 e. The van der Waals surface area contributed by atoms with Gasteiger partial charge in [0.2, 0.25) is 0 Å². The minimum absolute atomic E-state index is 0.0190. The average molecular weight is 976 g/mol. The van der Waals surface area contributed by atoms with E-state index in [1.807, 2.05) is 0 Å². The molecule has 75 heavy (non-hydrogen) atoms. The third-order valence-electron chi connectivity index (χ3n) is 17.9. The van der Waals surface area contributed by atoms with E-state index in [1.165, 1.54) is 77.7 Å². The van der Waals surface area contributed by atoms with Crippen molar-refractivity contribution in [3.05, 3.63) is 245 Å². The molecule has 0 radical (unpaired) electrons. The molecule has 0 saturated heterocycles. The SMILES string of the molecule is [2H]c1cc2c3c(c1)N(c1ccc(C(C)(C)C)cc1-c1ccc(-c4ccccc4)cc1)c1cc4c(cc1B3c1cc(C(C)(C)c3ccccc3)ccc1N2c1ccc(C(C)(C)c2ccccc2)cc1)C(C)(C)CCC4(C)C. The number of benzene rings is 9. The predicted molar refractivity (Wildman–Crippen MR) is 322 cm³/mol. The number of hydrogen-bond donors (Lipinski definition) is 0. The maximum absolute atomic E-state index is 9.92. The summed E-state index contributed by atoms with van der Waals surface area (Å²) in [6.45, 7) is 26.0. The molecule has 3 heteroatoms. The van der Waals surface area contributed by atoms with Crippen LogP contribution in [0.1, 0.15) is 129 Å². The van der Waals surface area contributed by atoms with Gasteiger partial charge in [0.25, 0.3) is 6.71 Å². The topological polar surface area (TPSA) is 6.48 Å². The summed E-state index contributed by atoms with van der Waals surface area (Å²) in [5, 5.41) is 0. The average Bonchev–Trinajstić information content (AvgIpc) is 3.54. The first-order chi connectivity index (χ1) is 36.2. The Morgan fingerprint density at radius 2 is 0.867 bits per heavy atom. The van der Waals surface area contributed by atoms with Crippen molar-refractivity contribution in [1.29, 1.82) is 0 Å². The Kier molecular flexibility index (Phi) is 11.1. The minimum atomic E-state index is -0.273. The van der Waals surface area contributed by atoms with E-state index in [-0.39, 0.29) is 33.8 Å². The van der Waals surface area contributed by atoms with Crippen molar-refractivity contribution in [2.24, 2.45) is 0 Å². The zero-order valence-corrected chi connectivity index (χ0v) is 45.9. The fourth-order valence-electron chi connectivity index (χ4n) is 12.8. The molecule has 0 atom stereocenters. The largest absolute Gasteiger partial charge is 0.311 e. The number of hydrogen-bond acceptors (Lipinski definition) is 2. The third-order valence-corrected chi connectivity index (χ3v) is 17.9. The molecule has 9 aromatic carbocycles. The molecule has 2 nitrogen and oxygen atoms in total. The van der Waals surface area contributed by atoms with Gasteiger partial charge in [0.15, 0.2) is 0 Å². The van der Waals surface area contributed by atoms with Gasteiger partial charge in [-0.15, -0.1) is 0 Å². The van der Waals surface area contributed by atoms with Gasteiger partial charge >= 0.3 is 0 Å². The third kappa shape index (κ3) is 8.08. The summed E-state index contributed by atoms with van der Waals surface area (Å²) in [6.07, 6.45) is 2.24. The predicted octanol–water partition coefficient (Wildman–Crippen LogP) is 17.4. The monoisotopic (exact) mass is 976 g/mol. The van der Waals surface area contributed by atoms with Crippen LogP contribution in [0, 0.1) is 0 Å². The first kappa shape index (κ1) is 47.4. The van der Waals surface area contributed by atoms with E-state index in [0.29, 0.717) is 6.04 Å². The van der Waals surface area contributed by atoms with Crippen LogP contribution in [-0.2, 0) is 27.1 Å². The van der Waals surface area contributed by atoms with Gasteiger partial charge in [0, 0.05) is 44.8 Å². The Morgan fingerprint density at radius 3 is 1.47 bits per heavy atom. The molecule has 9 aromatic rings. The summed E-state index contributed by atoms with van der Waals surface area (Å²) in [5.74, 6) is 0. The smallest absolute Gasteiger partial charge is 0.252 e. The second kappa shape index (κ2) is 17.6.